The van der Waals surface area contributed by atoms with Gasteiger partial charge in [0.15, 0.2) is 0 Å². The molecule has 0 unspecified atom stereocenters. The van der Waals surface area contributed by atoms with Crippen LogP contribution in [0.4, 0.5) is 5.82 Å². The second-order valence-corrected chi connectivity index (χ2v) is 8.40. The predicted molar refractivity (Wildman–Crippen MR) is 117 cm³/mol. The number of fused-ring (bicyclic) bond motifs is 1. The van der Waals surface area contributed by atoms with E-state index < -0.39 is 0 Å². The van der Waals surface area contributed by atoms with Gasteiger partial charge in [-0.15, -0.1) is 0 Å². The number of aromatic nitrogens is 2. The number of benzene rings is 1. The van der Waals surface area contributed by atoms with E-state index >= 15 is 0 Å². The van der Waals surface area contributed by atoms with Crippen LogP contribution >= 0.6 is 11.6 Å². The fourth-order valence-corrected chi connectivity index (χ4v) is 4.57. The standard InChI is InChI=1S/C22H28ClN5O2/c1-15-3-8-19-20(15)21(25-14-24-19)27-9-11-28(12-10-27)22(29)18(13-26-30-2)16-4-6-17(23)7-5-16/h4-7,14-15,18,26H,3,8-13H2,1-2H3/t15-,18-/m1/s1. The van der Waals surface area contributed by atoms with Crippen LogP contribution in [0.3, 0.4) is 0 Å². The first-order valence-corrected chi connectivity index (χ1v) is 10.8. The topological polar surface area (TPSA) is 70.6 Å². The molecule has 0 bridgehead atoms. The molecular formula is C22H28ClN5O2. The number of aryl methyl sites for hydroxylation is 1. The number of amides is 1. The minimum Gasteiger partial charge on any atom is -0.353 e. The van der Waals surface area contributed by atoms with Crippen molar-refractivity contribution in [3.63, 3.8) is 0 Å². The SMILES string of the molecule is CONC[C@@H](C(=O)N1CCN(c2ncnc3c2[C@H](C)CC3)CC1)c1ccc(Cl)cc1. The van der Waals surface area contributed by atoms with Gasteiger partial charge in [0, 0.05) is 49.0 Å². The van der Waals surface area contributed by atoms with E-state index in [1.165, 1.54) is 11.3 Å². The van der Waals surface area contributed by atoms with Gasteiger partial charge in [0.05, 0.1) is 13.0 Å². The summed E-state index contributed by atoms with van der Waals surface area (Å²) in [6, 6.07) is 7.45. The Labute approximate surface area is 182 Å². The number of piperazine rings is 1. The lowest BCUT2D eigenvalue weighted by molar-refractivity contribution is -0.133. The summed E-state index contributed by atoms with van der Waals surface area (Å²) >= 11 is 6.02. The largest absolute Gasteiger partial charge is 0.353 e. The zero-order valence-electron chi connectivity index (χ0n) is 17.5. The molecule has 7 nitrogen and oxygen atoms in total. The van der Waals surface area contributed by atoms with E-state index in [0.29, 0.717) is 30.6 Å². The molecule has 1 N–H and O–H groups in total. The highest BCUT2D eigenvalue weighted by Gasteiger charge is 2.32. The summed E-state index contributed by atoms with van der Waals surface area (Å²) in [7, 11) is 1.56. The molecule has 30 heavy (non-hydrogen) atoms. The van der Waals surface area contributed by atoms with E-state index in [0.717, 1.165) is 37.3 Å². The smallest absolute Gasteiger partial charge is 0.231 e. The molecule has 1 aromatic carbocycles. The van der Waals surface area contributed by atoms with E-state index in [1.807, 2.05) is 29.2 Å². The van der Waals surface area contributed by atoms with Crippen molar-refractivity contribution < 1.29 is 9.63 Å². The summed E-state index contributed by atoms with van der Waals surface area (Å²) in [5.41, 5.74) is 6.24. The third-order valence-electron chi connectivity index (χ3n) is 6.15. The van der Waals surface area contributed by atoms with Gasteiger partial charge in [0.2, 0.25) is 5.91 Å². The average molecular weight is 430 g/mol. The zero-order chi connectivity index (χ0) is 21.1. The minimum atomic E-state index is -0.322. The summed E-state index contributed by atoms with van der Waals surface area (Å²) < 4.78 is 0. The van der Waals surface area contributed by atoms with E-state index in [1.54, 1.807) is 13.4 Å². The highest BCUT2D eigenvalue weighted by molar-refractivity contribution is 6.30. The van der Waals surface area contributed by atoms with Gasteiger partial charge in [-0.3, -0.25) is 4.79 Å². The maximum atomic E-state index is 13.3. The van der Waals surface area contributed by atoms with Crippen LogP contribution in [0.15, 0.2) is 30.6 Å². The Balaban J connectivity index is 1.45. The minimum absolute atomic E-state index is 0.0998. The average Bonchev–Trinajstić information content (AvgIpc) is 3.16. The number of hydroxylamine groups is 1. The maximum Gasteiger partial charge on any atom is 0.231 e. The predicted octanol–water partition coefficient (Wildman–Crippen LogP) is 2.76. The number of nitrogens with one attached hydrogen (secondary N) is 1. The first kappa shape index (κ1) is 21.0. The van der Waals surface area contributed by atoms with E-state index in [4.69, 9.17) is 16.4 Å². The van der Waals surface area contributed by atoms with Crippen LogP contribution in [-0.4, -0.2) is 60.6 Å². The van der Waals surface area contributed by atoms with Crippen molar-refractivity contribution in [2.75, 3.05) is 44.7 Å². The van der Waals surface area contributed by atoms with Crippen molar-refractivity contribution >= 4 is 23.3 Å². The van der Waals surface area contributed by atoms with Crippen LogP contribution in [0.1, 0.15) is 42.0 Å². The molecule has 1 amide bonds. The Morgan fingerprint density at radius 2 is 1.97 bits per heavy atom. The maximum absolute atomic E-state index is 13.3. The number of nitrogens with zero attached hydrogens (tertiary/aromatic N) is 4. The number of rotatable bonds is 6. The summed E-state index contributed by atoms with van der Waals surface area (Å²) in [5, 5.41) is 0.657. The Morgan fingerprint density at radius 3 is 2.67 bits per heavy atom. The lowest BCUT2D eigenvalue weighted by atomic mass is 9.97. The second kappa shape index (κ2) is 9.29. The fraction of sp³-hybridized carbons (Fsp3) is 0.500. The van der Waals surface area contributed by atoms with Crippen molar-refractivity contribution in [1.82, 2.24) is 20.3 Å². The molecule has 1 aromatic heterocycles. The number of carbonyl (C=O) groups is 1. The Hall–Kier alpha value is -2.22. The van der Waals surface area contributed by atoms with E-state index in [-0.39, 0.29) is 11.8 Å². The molecule has 0 saturated carbocycles. The van der Waals surface area contributed by atoms with Gasteiger partial charge < -0.3 is 14.6 Å². The summed E-state index contributed by atoms with van der Waals surface area (Å²) in [6.07, 6.45) is 3.84. The summed E-state index contributed by atoms with van der Waals surface area (Å²) in [5.74, 6) is 1.32. The molecule has 2 aliphatic rings. The zero-order valence-corrected chi connectivity index (χ0v) is 18.2. The third kappa shape index (κ3) is 4.29. The molecule has 1 aliphatic carbocycles. The molecule has 2 heterocycles. The molecule has 2 atom stereocenters. The van der Waals surface area contributed by atoms with Gasteiger partial charge >= 0.3 is 0 Å². The van der Waals surface area contributed by atoms with Crippen LogP contribution in [0.25, 0.3) is 0 Å². The molecule has 1 saturated heterocycles. The molecule has 0 radical (unpaired) electrons. The van der Waals surface area contributed by atoms with Crippen molar-refractivity contribution in [2.24, 2.45) is 0 Å². The lowest BCUT2D eigenvalue weighted by Crippen LogP contribution is -2.51. The highest BCUT2D eigenvalue weighted by atomic mass is 35.5. The van der Waals surface area contributed by atoms with E-state index in [2.05, 4.69) is 27.3 Å². The van der Waals surface area contributed by atoms with Crippen LogP contribution < -0.4 is 10.4 Å². The van der Waals surface area contributed by atoms with Crippen LogP contribution in [0, 0.1) is 0 Å². The van der Waals surface area contributed by atoms with Crippen molar-refractivity contribution in [3.05, 3.63) is 52.4 Å². The molecule has 0 spiro atoms. The Kier molecular flexibility index (Phi) is 6.51. The highest BCUT2D eigenvalue weighted by Crippen LogP contribution is 2.37. The monoisotopic (exact) mass is 429 g/mol. The lowest BCUT2D eigenvalue weighted by Gasteiger charge is -2.38. The molecule has 1 aliphatic heterocycles. The summed E-state index contributed by atoms with van der Waals surface area (Å²) in [6.45, 7) is 5.54. The molecule has 2 aromatic rings. The van der Waals surface area contributed by atoms with Gasteiger partial charge in [-0.1, -0.05) is 30.7 Å². The third-order valence-corrected chi connectivity index (χ3v) is 6.40. The normalized spacial score (nSPS) is 19.6. The number of hydrogen-bond acceptors (Lipinski definition) is 6. The quantitative estimate of drug-likeness (QED) is 0.712. The second-order valence-electron chi connectivity index (χ2n) is 7.97. The summed E-state index contributed by atoms with van der Waals surface area (Å²) in [4.78, 5) is 31.7. The molecule has 160 valence electrons. The molecule has 1 fully saturated rings. The van der Waals surface area contributed by atoms with Gasteiger partial charge in [0.1, 0.15) is 12.1 Å². The Bertz CT molecular complexity index is 884. The van der Waals surface area contributed by atoms with Crippen LogP contribution in [0.5, 0.6) is 0 Å². The molecule has 8 heteroatoms. The Morgan fingerprint density at radius 1 is 1.23 bits per heavy atom. The number of carbonyl (C=O) groups excluding carboxylic acids is 1. The van der Waals surface area contributed by atoms with Gasteiger partial charge in [-0.05, 0) is 36.5 Å². The number of hydrogen-bond donors (Lipinski definition) is 1. The first-order valence-electron chi connectivity index (χ1n) is 10.5. The van der Waals surface area contributed by atoms with Gasteiger partial charge in [-0.25, -0.2) is 15.4 Å². The van der Waals surface area contributed by atoms with Crippen molar-refractivity contribution in [2.45, 2.75) is 31.6 Å². The van der Waals surface area contributed by atoms with Gasteiger partial charge in [-0.2, -0.15) is 0 Å². The fourth-order valence-electron chi connectivity index (χ4n) is 4.44. The van der Waals surface area contributed by atoms with Crippen LogP contribution in [0.2, 0.25) is 5.02 Å². The van der Waals surface area contributed by atoms with E-state index in [9.17, 15) is 4.79 Å². The molecular weight excluding hydrogens is 402 g/mol. The molecule has 4 rings (SSSR count). The first-order chi connectivity index (χ1) is 14.6. The van der Waals surface area contributed by atoms with Gasteiger partial charge in [0.25, 0.3) is 0 Å². The number of anilines is 1. The number of halogens is 1. The van der Waals surface area contributed by atoms with Crippen LogP contribution in [-0.2, 0) is 16.1 Å². The van der Waals surface area contributed by atoms with Crippen molar-refractivity contribution in [3.8, 4) is 0 Å². The van der Waals surface area contributed by atoms with Crippen molar-refractivity contribution in [1.29, 1.82) is 0 Å².